The lowest BCUT2D eigenvalue weighted by molar-refractivity contribution is -0.137. The van der Waals surface area contributed by atoms with Crippen molar-refractivity contribution in [2.24, 2.45) is 0 Å². The summed E-state index contributed by atoms with van der Waals surface area (Å²) in [5.41, 5.74) is -0.975. The van der Waals surface area contributed by atoms with Gasteiger partial charge in [0.05, 0.1) is 16.9 Å². The molecule has 3 aromatic rings. The van der Waals surface area contributed by atoms with Crippen LogP contribution in [0.3, 0.4) is 0 Å². The van der Waals surface area contributed by atoms with Crippen LogP contribution in [0.25, 0.3) is 5.69 Å². The molecule has 4 nitrogen and oxygen atoms in total. The Morgan fingerprint density at radius 3 is 2.63 bits per heavy atom. The zero-order valence-electron chi connectivity index (χ0n) is 16.2. The largest absolute Gasteiger partial charge is 0.418 e. The molecule has 0 saturated heterocycles. The van der Waals surface area contributed by atoms with Crippen molar-refractivity contribution in [2.45, 2.75) is 36.6 Å². The Morgan fingerprint density at radius 2 is 1.97 bits per heavy atom. The molecule has 30 heavy (non-hydrogen) atoms. The minimum Gasteiger partial charge on any atom is -0.320 e. The van der Waals surface area contributed by atoms with Crippen molar-refractivity contribution in [3.63, 3.8) is 0 Å². The second-order valence-electron chi connectivity index (χ2n) is 6.62. The highest BCUT2D eigenvalue weighted by molar-refractivity contribution is 7.99. The van der Waals surface area contributed by atoms with Crippen LogP contribution in [0.4, 0.5) is 23.2 Å². The first kappa shape index (κ1) is 21.9. The molecule has 1 atom stereocenters. The second-order valence-corrected chi connectivity index (χ2v) is 8.13. The molecule has 0 aliphatic heterocycles. The predicted molar refractivity (Wildman–Crippen MR) is 109 cm³/mol. The molecule has 2 aromatic carbocycles. The Kier molecular flexibility index (Phi) is 6.50. The van der Waals surface area contributed by atoms with Gasteiger partial charge in [-0.05, 0) is 48.9 Å². The van der Waals surface area contributed by atoms with Crippen LogP contribution in [0.5, 0.6) is 0 Å². The van der Waals surface area contributed by atoms with Crippen LogP contribution >= 0.6 is 11.8 Å². The van der Waals surface area contributed by atoms with Crippen LogP contribution in [-0.4, -0.2) is 20.9 Å². The van der Waals surface area contributed by atoms with Crippen LogP contribution in [0.2, 0.25) is 0 Å². The minimum atomic E-state index is -4.63. The molecule has 0 radical (unpaired) electrons. The third kappa shape index (κ3) is 5.21. The standard InChI is InChI=1S/C21H19F4N3OS/c1-3-13(2)30-16-7-8-18(17(12-16)21(23,24)25)26-20(29)19-9-10-28(27-19)15-6-4-5-14(22)11-15/h4-13H,3H2,1-2H3,(H,26,29)/t13-/m1/s1. The van der Waals surface area contributed by atoms with Gasteiger partial charge in [-0.2, -0.15) is 18.3 Å². The summed E-state index contributed by atoms with van der Waals surface area (Å²) in [4.78, 5) is 13.0. The molecule has 9 heteroatoms. The van der Waals surface area contributed by atoms with E-state index in [4.69, 9.17) is 0 Å². The Hall–Kier alpha value is -2.81. The molecule has 0 fully saturated rings. The number of hydrogen-bond donors (Lipinski definition) is 1. The van der Waals surface area contributed by atoms with E-state index in [1.165, 1.54) is 53.0 Å². The summed E-state index contributed by atoms with van der Waals surface area (Å²) in [6, 6.07) is 10.8. The third-order valence-electron chi connectivity index (χ3n) is 4.35. The van der Waals surface area contributed by atoms with Crippen LogP contribution in [0.1, 0.15) is 36.3 Å². The number of nitrogens with zero attached hydrogens (tertiary/aromatic N) is 2. The van der Waals surface area contributed by atoms with Gasteiger partial charge in [0.2, 0.25) is 0 Å². The molecule has 1 N–H and O–H groups in total. The van der Waals surface area contributed by atoms with Crippen molar-refractivity contribution >= 4 is 23.4 Å². The van der Waals surface area contributed by atoms with E-state index in [0.717, 1.165) is 12.5 Å². The quantitative estimate of drug-likeness (QED) is 0.370. The van der Waals surface area contributed by atoms with Gasteiger partial charge in [0, 0.05) is 16.3 Å². The summed E-state index contributed by atoms with van der Waals surface area (Å²) in [7, 11) is 0. The van der Waals surface area contributed by atoms with Crippen molar-refractivity contribution in [1.82, 2.24) is 9.78 Å². The lowest BCUT2D eigenvalue weighted by Gasteiger charge is -2.16. The van der Waals surface area contributed by atoms with Gasteiger partial charge in [-0.25, -0.2) is 9.07 Å². The molecular weight excluding hydrogens is 418 g/mol. The normalized spacial score (nSPS) is 12.6. The predicted octanol–water partition coefficient (Wildman–Crippen LogP) is 6.17. The number of amides is 1. The molecule has 158 valence electrons. The van der Waals surface area contributed by atoms with Crippen molar-refractivity contribution in [3.8, 4) is 5.69 Å². The van der Waals surface area contributed by atoms with E-state index in [-0.39, 0.29) is 16.6 Å². The van der Waals surface area contributed by atoms with E-state index in [9.17, 15) is 22.4 Å². The first-order valence-corrected chi connectivity index (χ1v) is 10.1. The average Bonchev–Trinajstić information content (AvgIpc) is 3.18. The summed E-state index contributed by atoms with van der Waals surface area (Å²) in [6.45, 7) is 3.89. The third-order valence-corrected chi connectivity index (χ3v) is 5.61. The number of aromatic nitrogens is 2. The molecule has 3 rings (SSSR count). The summed E-state index contributed by atoms with van der Waals surface area (Å²) in [5.74, 6) is -1.27. The van der Waals surface area contributed by atoms with Gasteiger partial charge in [0.1, 0.15) is 5.82 Å². The maximum Gasteiger partial charge on any atom is 0.418 e. The Bertz CT molecular complexity index is 1050. The smallest absolute Gasteiger partial charge is 0.320 e. The summed E-state index contributed by atoms with van der Waals surface area (Å²) >= 11 is 1.34. The number of rotatable bonds is 6. The molecular formula is C21H19F4N3OS. The molecule has 1 heterocycles. The number of nitrogens with one attached hydrogen (secondary N) is 1. The fourth-order valence-corrected chi connectivity index (χ4v) is 3.61. The van der Waals surface area contributed by atoms with Gasteiger partial charge in [-0.3, -0.25) is 4.79 Å². The number of thioether (sulfide) groups is 1. The average molecular weight is 437 g/mol. The first-order chi connectivity index (χ1) is 14.2. The maximum absolute atomic E-state index is 13.5. The van der Waals surface area contributed by atoms with E-state index in [1.54, 1.807) is 12.1 Å². The Labute approximate surface area is 175 Å². The van der Waals surface area contributed by atoms with Gasteiger partial charge >= 0.3 is 6.18 Å². The van der Waals surface area contributed by atoms with Crippen LogP contribution < -0.4 is 5.32 Å². The molecule has 0 unspecified atom stereocenters. The Morgan fingerprint density at radius 1 is 1.20 bits per heavy atom. The lowest BCUT2D eigenvalue weighted by Crippen LogP contribution is -2.17. The van der Waals surface area contributed by atoms with E-state index in [0.29, 0.717) is 10.6 Å². The maximum atomic E-state index is 13.5. The minimum absolute atomic E-state index is 0.0922. The molecule has 0 saturated carbocycles. The van der Waals surface area contributed by atoms with E-state index >= 15 is 0 Å². The topological polar surface area (TPSA) is 46.9 Å². The molecule has 0 aliphatic carbocycles. The van der Waals surface area contributed by atoms with Gasteiger partial charge in [-0.15, -0.1) is 11.8 Å². The highest BCUT2D eigenvalue weighted by Crippen LogP contribution is 2.38. The van der Waals surface area contributed by atoms with Crippen molar-refractivity contribution in [1.29, 1.82) is 0 Å². The molecule has 0 spiro atoms. The number of benzene rings is 2. The molecule has 0 aliphatic rings. The van der Waals surface area contributed by atoms with Crippen molar-refractivity contribution in [2.75, 3.05) is 5.32 Å². The van der Waals surface area contributed by atoms with E-state index in [2.05, 4.69) is 10.4 Å². The first-order valence-electron chi connectivity index (χ1n) is 9.18. The van der Waals surface area contributed by atoms with Crippen molar-refractivity contribution in [3.05, 3.63) is 71.8 Å². The number of carbonyl (C=O) groups is 1. The number of alkyl halides is 3. The second kappa shape index (κ2) is 8.91. The number of halogens is 4. The summed E-state index contributed by atoms with van der Waals surface area (Å²) in [6.07, 6.45) is -2.38. The monoisotopic (exact) mass is 437 g/mol. The zero-order chi connectivity index (χ0) is 21.9. The highest BCUT2D eigenvalue weighted by Gasteiger charge is 2.34. The zero-order valence-corrected chi connectivity index (χ0v) is 17.0. The SMILES string of the molecule is CC[C@@H](C)Sc1ccc(NC(=O)c2ccn(-c3cccc(F)c3)n2)c(C(F)(F)F)c1. The lowest BCUT2D eigenvalue weighted by atomic mass is 10.1. The van der Waals surface area contributed by atoms with Gasteiger partial charge in [-0.1, -0.05) is 19.9 Å². The van der Waals surface area contributed by atoms with Crippen LogP contribution in [-0.2, 0) is 6.18 Å². The van der Waals surface area contributed by atoms with Crippen LogP contribution in [0, 0.1) is 5.82 Å². The number of carbonyl (C=O) groups excluding carboxylic acids is 1. The highest BCUT2D eigenvalue weighted by atomic mass is 32.2. The number of hydrogen-bond acceptors (Lipinski definition) is 3. The summed E-state index contributed by atoms with van der Waals surface area (Å²) < 4.78 is 55.3. The Balaban J connectivity index is 1.84. The molecule has 1 amide bonds. The van der Waals surface area contributed by atoms with E-state index < -0.39 is 23.5 Å². The fraction of sp³-hybridized carbons (Fsp3) is 0.238. The van der Waals surface area contributed by atoms with E-state index in [1.807, 2.05) is 13.8 Å². The molecule has 1 aromatic heterocycles. The van der Waals surface area contributed by atoms with Gasteiger partial charge in [0.15, 0.2) is 5.69 Å². The molecule has 0 bridgehead atoms. The van der Waals surface area contributed by atoms with Crippen molar-refractivity contribution < 1.29 is 22.4 Å². The van der Waals surface area contributed by atoms with Gasteiger partial charge in [0.25, 0.3) is 5.91 Å². The van der Waals surface area contributed by atoms with Crippen LogP contribution in [0.15, 0.2) is 59.6 Å². The van der Waals surface area contributed by atoms with Gasteiger partial charge < -0.3 is 5.32 Å². The summed E-state index contributed by atoms with van der Waals surface area (Å²) in [5, 5.41) is 6.48. The fourth-order valence-electron chi connectivity index (χ4n) is 2.65. The number of anilines is 1.